The molecule has 33 heavy (non-hydrogen) atoms. The van der Waals surface area contributed by atoms with Crippen LogP contribution in [0.3, 0.4) is 0 Å². The van der Waals surface area contributed by atoms with Gasteiger partial charge in [0, 0.05) is 35.2 Å². The average molecular weight is 497 g/mol. The van der Waals surface area contributed by atoms with Crippen LogP contribution in [0, 0.1) is 0 Å². The summed E-state index contributed by atoms with van der Waals surface area (Å²) in [6.07, 6.45) is 0. The van der Waals surface area contributed by atoms with Crippen LogP contribution >= 0.6 is 35.1 Å². The van der Waals surface area contributed by atoms with Gasteiger partial charge in [-0.1, -0.05) is 66.2 Å². The van der Waals surface area contributed by atoms with Crippen molar-refractivity contribution < 1.29 is 9.59 Å². The molecule has 3 aromatic rings. The highest BCUT2D eigenvalue weighted by Crippen LogP contribution is 2.39. The number of amides is 2. The Morgan fingerprint density at radius 2 is 1.73 bits per heavy atom. The highest BCUT2D eigenvalue weighted by Gasteiger charge is 2.32. The van der Waals surface area contributed by atoms with E-state index in [1.54, 1.807) is 23.5 Å². The molecular formula is C26H25ClN2O2S2. The van der Waals surface area contributed by atoms with Gasteiger partial charge in [0.2, 0.25) is 5.91 Å². The monoisotopic (exact) mass is 496 g/mol. The molecular weight excluding hydrogens is 472 g/mol. The van der Waals surface area contributed by atoms with E-state index in [0.717, 1.165) is 22.6 Å². The number of nitrogens with zero attached hydrogens (tertiary/aromatic N) is 1. The number of hydrogen-bond donors (Lipinski definition) is 1. The second kappa shape index (κ2) is 11.6. The second-order valence-corrected chi connectivity index (χ2v) is 10.3. The molecule has 0 aliphatic carbocycles. The SMILES string of the molecule is O=C(NCCSCc1ccccc1)c1ccc([C@@H]2SCC(=O)N2Cc2ccc(Cl)cc2)cc1. The zero-order valence-corrected chi connectivity index (χ0v) is 20.5. The summed E-state index contributed by atoms with van der Waals surface area (Å²) in [6.45, 7) is 1.16. The summed E-state index contributed by atoms with van der Waals surface area (Å²) in [5, 5.41) is 3.61. The lowest BCUT2D eigenvalue weighted by Gasteiger charge is -2.24. The molecule has 2 amide bonds. The Morgan fingerprint density at radius 1 is 1.00 bits per heavy atom. The number of benzene rings is 3. The number of carbonyl (C=O) groups excluding carboxylic acids is 2. The van der Waals surface area contributed by atoms with Crippen molar-refractivity contribution in [1.29, 1.82) is 0 Å². The first-order valence-corrected chi connectivity index (χ1v) is 13.3. The molecule has 1 heterocycles. The molecule has 7 heteroatoms. The molecule has 1 fully saturated rings. The molecule has 4 nitrogen and oxygen atoms in total. The van der Waals surface area contributed by atoms with Crippen LogP contribution in [0.25, 0.3) is 0 Å². The van der Waals surface area contributed by atoms with Crippen molar-refractivity contribution in [3.63, 3.8) is 0 Å². The number of thioether (sulfide) groups is 2. The highest BCUT2D eigenvalue weighted by molar-refractivity contribution is 8.00. The number of hydrogen-bond acceptors (Lipinski definition) is 4. The van der Waals surface area contributed by atoms with Crippen LogP contribution in [0.2, 0.25) is 5.02 Å². The van der Waals surface area contributed by atoms with Crippen LogP contribution in [0.15, 0.2) is 78.9 Å². The van der Waals surface area contributed by atoms with Gasteiger partial charge >= 0.3 is 0 Å². The van der Waals surface area contributed by atoms with Gasteiger partial charge in [0.25, 0.3) is 5.91 Å². The molecule has 0 saturated carbocycles. The Morgan fingerprint density at radius 3 is 2.45 bits per heavy atom. The first-order valence-electron chi connectivity index (χ1n) is 10.8. The minimum absolute atomic E-state index is 0.0559. The van der Waals surface area contributed by atoms with E-state index in [9.17, 15) is 9.59 Å². The van der Waals surface area contributed by atoms with Crippen molar-refractivity contribution in [2.24, 2.45) is 0 Å². The molecule has 4 rings (SSSR count). The molecule has 0 radical (unpaired) electrons. The van der Waals surface area contributed by atoms with Crippen molar-refractivity contribution in [1.82, 2.24) is 10.2 Å². The summed E-state index contributed by atoms with van der Waals surface area (Å²) in [5.74, 6) is 2.31. The van der Waals surface area contributed by atoms with Gasteiger partial charge in [0.1, 0.15) is 5.37 Å². The van der Waals surface area contributed by atoms with Crippen molar-refractivity contribution >= 4 is 46.9 Å². The predicted octanol–water partition coefficient (Wildman–Crippen LogP) is 5.78. The topological polar surface area (TPSA) is 49.4 Å². The second-order valence-electron chi connectivity index (χ2n) is 7.73. The van der Waals surface area contributed by atoms with Crippen molar-refractivity contribution in [2.75, 3.05) is 18.1 Å². The highest BCUT2D eigenvalue weighted by atomic mass is 35.5. The van der Waals surface area contributed by atoms with E-state index >= 15 is 0 Å². The fourth-order valence-corrected chi connectivity index (χ4v) is 5.72. The molecule has 1 atom stereocenters. The van der Waals surface area contributed by atoms with Crippen LogP contribution in [0.5, 0.6) is 0 Å². The average Bonchev–Trinajstić information content (AvgIpc) is 3.21. The van der Waals surface area contributed by atoms with E-state index in [1.165, 1.54) is 5.56 Å². The van der Waals surface area contributed by atoms with Crippen LogP contribution in [-0.4, -0.2) is 34.8 Å². The van der Waals surface area contributed by atoms with Gasteiger partial charge in [0.05, 0.1) is 5.75 Å². The lowest BCUT2D eigenvalue weighted by atomic mass is 10.1. The normalized spacial score (nSPS) is 15.6. The van der Waals surface area contributed by atoms with Gasteiger partial charge in [-0.25, -0.2) is 0 Å². The van der Waals surface area contributed by atoms with Gasteiger partial charge in [-0.2, -0.15) is 11.8 Å². The minimum Gasteiger partial charge on any atom is -0.351 e. The van der Waals surface area contributed by atoms with Gasteiger partial charge in [-0.05, 0) is 41.0 Å². The minimum atomic E-state index is -0.0740. The standard InChI is InChI=1S/C26H25ClN2O2S2/c27-23-12-6-19(7-13-23)16-29-24(30)18-33-26(29)22-10-8-21(9-11-22)25(31)28-14-15-32-17-20-4-2-1-3-5-20/h1-13,26H,14-18H2,(H,28,31)/t26-/m0/s1. The molecule has 0 spiro atoms. The summed E-state index contributed by atoms with van der Waals surface area (Å²) in [5.41, 5.74) is 3.99. The van der Waals surface area contributed by atoms with Crippen LogP contribution < -0.4 is 5.32 Å². The van der Waals surface area contributed by atoms with Crippen LogP contribution in [0.4, 0.5) is 0 Å². The molecule has 0 aromatic heterocycles. The lowest BCUT2D eigenvalue weighted by Crippen LogP contribution is -2.28. The maximum absolute atomic E-state index is 12.5. The summed E-state index contributed by atoms with van der Waals surface area (Å²) >= 11 is 9.39. The van der Waals surface area contributed by atoms with E-state index < -0.39 is 0 Å². The zero-order valence-electron chi connectivity index (χ0n) is 18.1. The van der Waals surface area contributed by atoms with E-state index in [0.29, 0.717) is 29.4 Å². The molecule has 0 bridgehead atoms. The molecule has 1 saturated heterocycles. The summed E-state index contributed by atoms with van der Waals surface area (Å²) < 4.78 is 0. The Labute approximate surface area is 208 Å². The van der Waals surface area contributed by atoms with E-state index in [1.807, 2.05) is 71.6 Å². The van der Waals surface area contributed by atoms with E-state index in [2.05, 4.69) is 17.4 Å². The maximum atomic E-state index is 12.5. The van der Waals surface area contributed by atoms with Crippen LogP contribution in [-0.2, 0) is 17.1 Å². The van der Waals surface area contributed by atoms with Crippen LogP contribution in [0.1, 0.15) is 32.4 Å². The van der Waals surface area contributed by atoms with Crippen molar-refractivity contribution in [3.05, 3.63) is 106 Å². The third-order valence-corrected chi connectivity index (χ3v) is 7.87. The molecule has 1 aliphatic heterocycles. The molecule has 1 N–H and O–H groups in total. The third kappa shape index (κ3) is 6.56. The number of halogens is 1. The molecule has 0 unspecified atom stereocenters. The Kier molecular flexibility index (Phi) is 8.37. The van der Waals surface area contributed by atoms with Crippen molar-refractivity contribution in [2.45, 2.75) is 17.7 Å². The number of nitrogens with one attached hydrogen (secondary N) is 1. The summed E-state index contributed by atoms with van der Waals surface area (Å²) in [4.78, 5) is 26.9. The fraction of sp³-hybridized carbons (Fsp3) is 0.231. The summed E-state index contributed by atoms with van der Waals surface area (Å²) in [7, 11) is 0. The van der Waals surface area contributed by atoms with Gasteiger partial charge < -0.3 is 10.2 Å². The predicted molar refractivity (Wildman–Crippen MR) is 139 cm³/mol. The largest absolute Gasteiger partial charge is 0.351 e. The third-order valence-electron chi connectivity index (χ3n) is 5.34. The Hall–Kier alpha value is -2.41. The number of carbonyl (C=O) groups is 2. The fourth-order valence-electron chi connectivity index (χ4n) is 3.59. The van der Waals surface area contributed by atoms with E-state index in [4.69, 9.17) is 11.6 Å². The van der Waals surface area contributed by atoms with E-state index in [-0.39, 0.29) is 17.2 Å². The van der Waals surface area contributed by atoms with Gasteiger partial charge in [-0.3, -0.25) is 9.59 Å². The summed E-state index contributed by atoms with van der Waals surface area (Å²) in [6, 6.07) is 25.5. The lowest BCUT2D eigenvalue weighted by molar-refractivity contribution is -0.128. The molecule has 3 aromatic carbocycles. The van der Waals surface area contributed by atoms with Crippen molar-refractivity contribution in [3.8, 4) is 0 Å². The quantitative estimate of drug-likeness (QED) is 0.382. The van der Waals surface area contributed by atoms with Gasteiger partial charge in [-0.15, -0.1) is 11.8 Å². The Bertz CT molecular complexity index is 1080. The first kappa shape index (κ1) is 23.7. The molecule has 1 aliphatic rings. The number of rotatable bonds is 9. The zero-order chi connectivity index (χ0) is 23.0. The maximum Gasteiger partial charge on any atom is 0.251 e. The van der Waals surface area contributed by atoms with Gasteiger partial charge in [0.15, 0.2) is 0 Å². The first-order chi connectivity index (χ1) is 16.1. The smallest absolute Gasteiger partial charge is 0.251 e. The Balaban J connectivity index is 1.28. The molecule has 170 valence electrons.